The maximum atomic E-state index is 12.1. The zero-order chi connectivity index (χ0) is 18.4. The second kappa shape index (κ2) is 8.59. The minimum absolute atomic E-state index is 0.216. The molecule has 0 saturated carbocycles. The molecule has 0 aliphatic rings. The Balaban J connectivity index is 1.45. The number of carbonyl (C=O) groups excluding carboxylic acids is 1. The van der Waals surface area contributed by atoms with Crippen molar-refractivity contribution in [2.75, 3.05) is 13.2 Å². The molecule has 3 rings (SSSR count). The van der Waals surface area contributed by atoms with Gasteiger partial charge in [0, 0.05) is 0 Å². The van der Waals surface area contributed by atoms with Gasteiger partial charge in [-0.05, 0) is 42.0 Å². The fraction of sp³-hybridized carbons (Fsp3) is 0.190. The molecule has 1 atom stereocenters. The second-order valence-corrected chi connectivity index (χ2v) is 6.25. The van der Waals surface area contributed by atoms with Crippen LogP contribution in [0.25, 0.3) is 10.8 Å². The van der Waals surface area contributed by atoms with Crippen LogP contribution in [-0.4, -0.2) is 25.2 Å². The Kier molecular flexibility index (Phi) is 5.97. The molecule has 0 spiro atoms. The van der Waals surface area contributed by atoms with Gasteiger partial charge in [-0.15, -0.1) is 0 Å². The predicted molar refractivity (Wildman–Crippen MR) is 104 cm³/mol. The lowest BCUT2D eigenvalue weighted by Gasteiger charge is -2.15. The molecule has 1 unspecified atom stereocenters. The lowest BCUT2D eigenvalue weighted by atomic mass is 10.1. The summed E-state index contributed by atoms with van der Waals surface area (Å²) >= 11 is 6.03. The van der Waals surface area contributed by atoms with Crippen LogP contribution in [0, 0.1) is 0 Å². The first-order valence-electron chi connectivity index (χ1n) is 8.44. The first kappa shape index (κ1) is 18.1. The molecule has 26 heavy (non-hydrogen) atoms. The SMILES string of the molecule is CC(Oc1ccccc1Cl)C(=O)NCCOc1ccc2ccccc2c1. The highest BCUT2D eigenvalue weighted by Crippen LogP contribution is 2.24. The van der Waals surface area contributed by atoms with Gasteiger partial charge in [-0.25, -0.2) is 0 Å². The van der Waals surface area contributed by atoms with Crippen molar-refractivity contribution in [2.45, 2.75) is 13.0 Å². The number of para-hydroxylation sites is 1. The third-order valence-corrected chi connectivity index (χ3v) is 4.21. The summed E-state index contributed by atoms with van der Waals surface area (Å²) < 4.78 is 11.3. The summed E-state index contributed by atoms with van der Waals surface area (Å²) in [7, 11) is 0. The van der Waals surface area contributed by atoms with Gasteiger partial charge in [0.1, 0.15) is 18.1 Å². The highest BCUT2D eigenvalue weighted by Gasteiger charge is 2.15. The highest BCUT2D eigenvalue weighted by molar-refractivity contribution is 6.32. The number of carbonyl (C=O) groups is 1. The van der Waals surface area contributed by atoms with Gasteiger partial charge in [0.05, 0.1) is 11.6 Å². The molecular formula is C21H20ClNO3. The molecule has 0 aliphatic carbocycles. The lowest BCUT2D eigenvalue weighted by Crippen LogP contribution is -2.38. The summed E-state index contributed by atoms with van der Waals surface area (Å²) in [5.41, 5.74) is 0. The Labute approximate surface area is 157 Å². The molecule has 0 fully saturated rings. The average molecular weight is 370 g/mol. The maximum Gasteiger partial charge on any atom is 0.260 e. The molecular weight excluding hydrogens is 350 g/mol. The normalized spacial score (nSPS) is 11.8. The van der Waals surface area contributed by atoms with Crippen LogP contribution in [0.15, 0.2) is 66.7 Å². The molecule has 3 aromatic rings. The molecule has 0 bridgehead atoms. The van der Waals surface area contributed by atoms with E-state index in [4.69, 9.17) is 21.1 Å². The summed E-state index contributed by atoms with van der Waals surface area (Å²) in [5.74, 6) is 1.05. The predicted octanol–water partition coefficient (Wildman–Crippen LogP) is 4.46. The van der Waals surface area contributed by atoms with Gasteiger partial charge in [0.15, 0.2) is 6.10 Å². The Morgan fingerprint density at radius 3 is 2.58 bits per heavy atom. The Morgan fingerprint density at radius 2 is 1.77 bits per heavy atom. The molecule has 0 aliphatic heterocycles. The van der Waals surface area contributed by atoms with Crippen molar-refractivity contribution in [3.05, 3.63) is 71.8 Å². The second-order valence-electron chi connectivity index (χ2n) is 5.84. The van der Waals surface area contributed by atoms with E-state index in [-0.39, 0.29) is 5.91 Å². The van der Waals surface area contributed by atoms with E-state index in [0.717, 1.165) is 11.1 Å². The van der Waals surface area contributed by atoms with Crippen molar-refractivity contribution in [2.24, 2.45) is 0 Å². The summed E-state index contributed by atoms with van der Waals surface area (Å²) in [5, 5.41) is 5.56. The van der Waals surface area contributed by atoms with Crippen LogP contribution < -0.4 is 14.8 Å². The quantitative estimate of drug-likeness (QED) is 0.626. The molecule has 0 saturated heterocycles. The standard InChI is InChI=1S/C21H20ClNO3/c1-15(26-20-9-5-4-8-19(20)22)21(24)23-12-13-25-18-11-10-16-6-2-3-7-17(16)14-18/h2-11,14-15H,12-13H2,1H3,(H,23,24). The van der Waals surface area contributed by atoms with Crippen LogP contribution in [0.2, 0.25) is 5.02 Å². The molecule has 0 aromatic heterocycles. The number of hydrogen-bond donors (Lipinski definition) is 1. The number of halogens is 1. The summed E-state index contributed by atoms with van der Waals surface area (Å²) in [6.07, 6.45) is -0.643. The molecule has 1 N–H and O–H groups in total. The van der Waals surface area contributed by atoms with Crippen LogP contribution in [0.3, 0.4) is 0 Å². The van der Waals surface area contributed by atoms with E-state index in [2.05, 4.69) is 11.4 Å². The Morgan fingerprint density at radius 1 is 1.04 bits per heavy atom. The third kappa shape index (κ3) is 4.67. The van der Waals surface area contributed by atoms with Crippen LogP contribution in [0.1, 0.15) is 6.92 Å². The number of ether oxygens (including phenoxy) is 2. The Hall–Kier alpha value is -2.72. The zero-order valence-corrected chi connectivity index (χ0v) is 15.2. The molecule has 3 aromatic carbocycles. The van der Waals surface area contributed by atoms with Gasteiger partial charge in [0.2, 0.25) is 0 Å². The zero-order valence-electron chi connectivity index (χ0n) is 14.4. The van der Waals surface area contributed by atoms with Gasteiger partial charge in [0.25, 0.3) is 5.91 Å². The fourth-order valence-corrected chi connectivity index (χ4v) is 2.71. The van der Waals surface area contributed by atoms with Crippen molar-refractivity contribution < 1.29 is 14.3 Å². The summed E-state index contributed by atoms with van der Waals surface area (Å²) in [6, 6.07) is 21.1. The largest absolute Gasteiger partial charge is 0.492 e. The maximum absolute atomic E-state index is 12.1. The van der Waals surface area contributed by atoms with Crippen LogP contribution in [0.5, 0.6) is 11.5 Å². The van der Waals surface area contributed by atoms with Gasteiger partial charge >= 0.3 is 0 Å². The molecule has 1 amide bonds. The van der Waals surface area contributed by atoms with E-state index < -0.39 is 6.10 Å². The van der Waals surface area contributed by atoms with E-state index in [1.54, 1.807) is 19.1 Å². The number of fused-ring (bicyclic) bond motifs is 1. The third-order valence-electron chi connectivity index (χ3n) is 3.90. The van der Waals surface area contributed by atoms with Gasteiger partial charge in [-0.2, -0.15) is 0 Å². The fourth-order valence-electron chi connectivity index (χ4n) is 2.53. The topological polar surface area (TPSA) is 47.6 Å². The number of benzene rings is 3. The Bertz CT molecular complexity index is 897. The summed E-state index contributed by atoms with van der Waals surface area (Å²) in [4.78, 5) is 12.1. The van der Waals surface area contributed by atoms with Gasteiger partial charge in [-0.3, -0.25) is 4.79 Å². The summed E-state index contributed by atoms with van der Waals surface area (Å²) in [6.45, 7) is 2.45. The smallest absolute Gasteiger partial charge is 0.260 e. The van der Waals surface area contributed by atoms with Crippen molar-refractivity contribution in [1.82, 2.24) is 5.32 Å². The van der Waals surface area contributed by atoms with E-state index >= 15 is 0 Å². The number of hydrogen-bond acceptors (Lipinski definition) is 3. The monoisotopic (exact) mass is 369 g/mol. The van der Waals surface area contributed by atoms with E-state index in [1.165, 1.54) is 5.39 Å². The van der Waals surface area contributed by atoms with E-state index in [9.17, 15) is 4.79 Å². The van der Waals surface area contributed by atoms with Crippen LogP contribution >= 0.6 is 11.6 Å². The minimum Gasteiger partial charge on any atom is -0.492 e. The van der Waals surface area contributed by atoms with E-state index in [1.807, 2.05) is 48.5 Å². The average Bonchev–Trinajstić information content (AvgIpc) is 2.66. The molecule has 5 heteroatoms. The van der Waals surface area contributed by atoms with Crippen molar-refractivity contribution >= 4 is 28.3 Å². The highest BCUT2D eigenvalue weighted by atomic mass is 35.5. The molecule has 0 heterocycles. The van der Waals surface area contributed by atoms with Crippen molar-refractivity contribution in [3.63, 3.8) is 0 Å². The number of rotatable bonds is 7. The molecule has 134 valence electrons. The first-order valence-corrected chi connectivity index (χ1v) is 8.82. The lowest BCUT2D eigenvalue weighted by molar-refractivity contribution is -0.127. The molecule has 0 radical (unpaired) electrons. The minimum atomic E-state index is -0.643. The van der Waals surface area contributed by atoms with E-state index in [0.29, 0.717) is 23.9 Å². The van der Waals surface area contributed by atoms with Gasteiger partial charge in [-0.1, -0.05) is 54.1 Å². The molecule has 4 nitrogen and oxygen atoms in total. The van der Waals surface area contributed by atoms with Crippen molar-refractivity contribution in [1.29, 1.82) is 0 Å². The van der Waals surface area contributed by atoms with Crippen LogP contribution in [0.4, 0.5) is 0 Å². The van der Waals surface area contributed by atoms with Crippen molar-refractivity contribution in [3.8, 4) is 11.5 Å². The van der Waals surface area contributed by atoms with Crippen LogP contribution in [-0.2, 0) is 4.79 Å². The first-order chi connectivity index (χ1) is 12.6. The number of nitrogens with one attached hydrogen (secondary N) is 1. The number of amides is 1. The van der Waals surface area contributed by atoms with Gasteiger partial charge < -0.3 is 14.8 Å².